The second-order valence-corrected chi connectivity index (χ2v) is 6.39. The van der Waals surface area contributed by atoms with Crippen LogP contribution in [0.15, 0.2) is 48.5 Å². The Labute approximate surface area is 154 Å². The highest BCUT2D eigenvalue weighted by atomic mass is 16.5. The first kappa shape index (κ1) is 19.5. The van der Waals surface area contributed by atoms with Crippen molar-refractivity contribution < 1.29 is 14.3 Å². The zero-order valence-electron chi connectivity index (χ0n) is 15.7. The summed E-state index contributed by atoms with van der Waals surface area (Å²) in [6.45, 7) is 7.59. The number of rotatable bonds is 7. The summed E-state index contributed by atoms with van der Waals surface area (Å²) in [4.78, 5) is 24.9. The van der Waals surface area contributed by atoms with E-state index in [1.807, 2.05) is 45.0 Å². The Hall–Kier alpha value is -2.82. The van der Waals surface area contributed by atoms with Crippen LogP contribution in [0.1, 0.15) is 43.1 Å². The fourth-order valence-corrected chi connectivity index (χ4v) is 2.37. The minimum absolute atomic E-state index is 0.0647. The van der Waals surface area contributed by atoms with Gasteiger partial charge in [0.2, 0.25) is 0 Å². The van der Waals surface area contributed by atoms with Gasteiger partial charge in [-0.05, 0) is 57.0 Å². The molecule has 2 rings (SSSR count). The molecule has 2 amide bonds. The molecule has 2 aromatic carbocycles. The third-order valence-electron chi connectivity index (χ3n) is 4.09. The van der Waals surface area contributed by atoms with Gasteiger partial charge < -0.3 is 15.4 Å². The van der Waals surface area contributed by atoms with E-state index in [4.69, 9.17) is 4.74 Å². The van der Waals surface area contributed by atoms with Crippen LogP contribution in [-0.2, 0) is 4.79 Å². The first-order chi connectivity index (χ1) is 12.4. The van der Waals surface area contributed by atoms with Crippen molar-refractivity contribution in [3.63, 3.8) is 0 Å². The SMILES string of the molecule is CC[C@@H](C)NC(=O)c1ccccc1NC(=O)[C@@H](C)Oc1cccc(C)c1. The number of benzene rings is 2. The average molecular weight is 354 g/mol. The number of carbonyl (C=O) groups is 2. The highest BCUT2D eigenvalue weighted by molar-refractivity contribution is 6.04. The summed E-state index contributed by atoms with van der Waals surface area (Å²) in [6.07, 6.45) is 0.143. The molecule has 0 aliphatic heterocycles. The Morgan fingerprint density at radius 2 is 1.81 bits per heavy atom. The fraction of sp³-hybridized carbons (Fsp3) is 0.333. The molecule has 0 bridgehead atoms. The van der Waals surface area contributed by atoms with Crippen molar-refractivity contribution in [1.29, 1.82) is 0 Å². The molecule has 2 atom stereocenters. The van der Waals surface area contributed by atoms with E-state index in [9.17, 15) is 9.59 Å². The van der Waals surface area contributed by atoms with E-state index in [-0.39, 0.29) is 17.9 Å². The molecule has 0 fully saturated rings. The maximum Gasteiger partial charge on any atom is 0.265 e. The van der Waals surface area contributed by atoms with Gasteiger partial charge in [0.25, 0.3) is 11.8 Å². The molecule has 0 aliphatic rings. The summed E-state index contributed by atoms with van der Waals surface area (Å²) in [5.41, 5.74) is 1.96. The maximum atomic E-state index is 12.5. The molecule has 0 aliphatic carbocycles. The molecular formula is C21H26N2O3. The molecule has 138 valence electrons. The summed E-state index contributed by atoms with van der Waals surface area (Å²) in [5, 5.41) is 5.71. The van der Waals surface area contributed by atoms with Crippen molar-refractivity contribution in [3.8, 4) is 5.75 Å². The molecule has 0 saturated carbocycles. The largest absolute Gasteiger partial charge is 0.481 e. The van der Waals surface area contributed by atoms with E-state index in [0.717, 1.165) is 12.0 Å². The lowest BCUT2D eigenvalue weighted by molar-refractivity contribution is -0.122. The smallest absolute Gasteiger partial charge is 0.265 e. The van der Waals surface area contributed by atoms with Crippen LogP contribution < -0.4 is 15.4 Å². The fourth-order valence-electron chi connectivity index (χ4n) is 2.37. The van der Waals surface area contributed by atoms with Crippen molar-refractivity contribution in [3.05, 3.63) is 59.7 Å². The Balaban J connectivity index is 2.07. The van der Waals surface area contributed by atoms with Gasteiger partial charge >= 0.3 is 0 Å². The second kappa shape index (κ2) is 9.04. The molecule has 0 saturated heterocycles. The van der Waals surface area contributed by atoms with Crippen LogP contribution in [0.4, 0.5) is 5.69 Å². The van der Waals surface area contributed by atoms with E-state index in [0.29, 0.717) is 17.0 Å². The summed E-state index contributed by atoms with van der Waals surface area (Å²) >= 11 is 0. The van der Waals surface area contributed by atoms with Gasteiger partial charge in [0, 0.05) is 6.04 Å². The van der Waals surface area contributed by atoms with Crippen molar-refractivity contribution in [2.45, 2.75) is 46.3 Å². The minimum Gasteiger partial charge on any atom is -0.481 e. The normalized spacial score (nSPS) is 12.8. The standard InChI is InChI=1S/C21H26N2O3/c1-5-15(3)22-21(25)18-11-6-7-12-19(18)23-20(24)16(4)26-17-10-8-9-14(2)13-17/h6-13,15-16H,5H2,1-4H3,(H,22,25)(H,23,24)/t15-,16-/m1/s1. The molecule has 5 nitrogen and oxygen atoms in total. The third kappa shape index (κ3) is 5.34. The topological polar surface area (TPSA) is 67.4 Å². The van der Waals surface area contributed by atoms with Gasteiger partial charge in [-0.15, -0.1) is 0 Å². The first-order valence-corrected chi connectivity index (χ1v) is 8.84. The van der Waals surface area contributed by atoms with E-state index in [1.54, 1.807) is 31.2 Å². The number of hydrogen-bond donors (Lipinski definition) is 2. The maximum absolute atomic E-state index is 12.5. The molecule has 0 unspecified atom stereocenters. The van der Waals surface area contributed by atoms with E-state index in [2.05, 4.69) is 10.6 Å². The molecule has 0 spiro atoms. The lowest BCUT2D eigenvalue weighted by Crippen LogP contribution is -2.34. The van der Waals surface area contributed by atoms with Crippen LogP contribution in [0, 0.1) is 6.92 Å². The number of aryl methyl sites for hydroxylation is 1. The van der Waals surface area contributed by atoms with Gasteiger partial charge in [0.1, 0.15) is 5.75 Å². The Morgan fingerprint density at radius 1 is 1.08 bits per heavy atom. The van der Waals surface area contributed by atoms with Gasteiger partial charge in [0.15, 0.2) is 6.10 Å². The summed E-state index contributed by atoms with van der Waals surface area (Å²) < 4.78 is 5.70. The summed E-state index contributed by atoms with van der Waals surface area (Å²) in [7, 11) is 0. The van der Waals surface area contributed by atoms with Gasteiger partial charge in [-0.25, -0.2) is 0 Å². The van der Waals surface area contributed by atoms with Crippen LogP contribution in [0.25, 0.3) is 0 Å². The monoisotopic (exact) mass is 354 g/mol. The number of hydrogen-bond acceptors (Lipinski definition) is 3. The Morgan fingerprint density at radius 3 is 2.50 bits per heavy atom. The van der Waals surface area contributed by atoms with Crippen LogP contribution in [-0.4, -0.2) is 24.0 Å². The quantitative estimate of drug-likeness (QED) is 0.792. The molecule has 2 aromatic rings. The minimum atomic E-state index is -0.692. The van der Waals surface area contributed by atoms with Crippen molar-refractivity contribution in [1.82, 2.24) is 5.32 Å². The molecule has 0 radical (unpaired) electrons. The Bertz CT molecular complexity index is 773. The number of amides is 2. The molecule has 5 heteroatoms. The number of ether oxygens (including phenoxy) is 1. The predicted molar refractivity (Wildman–Crippen MR) is 104 cm³/mol. The summed E-state index contributed by atoms with van der Waals surface area (Å²) in [5.74, 6) is 0.119. The van der Waals surface area contributed by atoms with Gasteiger partial charge in [-0.3, -0.25) is 9.59 Å². The number of carbonyl (C=O) groups excluding carboxylic acids is 2. The number of para-hydroxylation sites is 1. The van der Waals surface area contributed by atoms with Crippen LogP contribution in [0.2, 0.25) is 0 Å². The van der Waals surface area contributed by atoms with Crippen LogP contribution in [0.3, 0.4) is 0 Å². The lowest BCUT2D eigenvalue weighted by Gasteiger charge is -2.17. The third-order valence-corrected chi connectivity index (χ3v) is 4.09. The second-order valence-electron chi connectivity index (χ2n) is 6.39. The highest BCUT2D eigenvalue weighted by Gasteiger charge is 2.19. The van der Waals surface area contributed by atoms with Crippen LogP contribution in [0.5, 0.6) is 5.75 Å². The Kier molecular flexibility index (Phi) is 6.78. The van der Waals surface area contributed by atoms with Gasteiger partial charge in [-0.2, -0.15) is 0 Å². The highest BCUT2D eigenvalue weighted by Crippen LogP contribution is 2.18. The van der Waals surface area contributed by atoms with Gasteiger partial charge in [-0.1, -0.05) is 31.2 Å². The first-order valence-electron chi connectivity index (χ1n) is 8.84. The summed E-state index contributed by atoms with van der Waals surface area (Å²) in [6, 6.07) is 14.5. The van der Waals surface area contributed by atoms with E-state index in [1.165, 1.54) is 0 Å². The number of nitrogens with one attached hydrogen (secondary N) is 2. The number of anilines is 1. The van der Waals surface area contributed by atoms with Gasteiger partial charge in [0.05, 0.1) is 11.3 Å². The van der Waals surface area contributed by atoms with Crippen molar-refractivity contribution in [2.24, 2.45) is 0 Å². The molecular weight excluding hydrogens is 328 g/mol. The lowest BCUT2D eigenvalue weighted by atomic mass is 10.1. The molecule has 26 heavy (non-hydrogen) atoms. The molecule has 2 N–H and O–H groups in total. The van der Waals surface area contributed by atoms with E-state index < -0.39 is 6.10 Å². The van der Waals surface area contributed by atoms with Crippen molar-refractivity contribution >= 4 is 17.5 Å². The molecule has 0 aromatic heterocycles. The zero-order valence-corrected chi connectivity index (χ0v) is 15.7. The molecule has 0 heterocycles. The van der Waals surface area contributed by atoms with Crippen molar-refractivity contribution in [2.75, 3.05) is 5.32 Å². The van der Waals surface area contributed by atoms with Crippen LogP contribution >= 0.6 is 0 Å². The average Bonchev–Trinajstić information content (AvgIpc) is 2.61. The predicted octanol–water partition coefficient (Wildman–Crippen LogP) is 3.93. The van der Waals surface area contributed by atoms with E-state index >= 15 is 0 Å². The zero-order chi connectivity index (χ0) is 19.1.